The van der Waals surface area contributed by atoms with Crippen LogP contribution in [0, 0.1) is 11.8 Å². The number of carbonyl (C=O) groups is 1. The summed E-state index contributed by atoms with van der Waals surface area (Å²) in [6.07, 6.45) is 5.38. The molecule has 88 valence electrons. The summed E-state index contributed by atoms with van der Waals surface area (Å²) < 4.78 is 5.21. The quantitative estimate of drug-likeness (QED) is 0.659. The molecule has 0 aromatic heterocycles. The molecule has 0 radical (unpaired) electrons. The van der Waals surface area contributed by atoms with Gasteiger partial charge < -0.3 is 10.5 Å². The molecule has 1 unspecified atom stereocenters. The van der Waals surface area contributed by atoms with Crippen molar-refractivity contribution in [3.8, 4) is 0 Å². The van der Waals surface area contributed by atoms with Crippen LogP contribution < -0.4 is 5.73 Å². The molecule has 1 fully saturated rings. The Morgan fingerprint density at radius 2 is 2.00 bits per heavy atom. The molecular weight excluding hydrogens is 190 g/mol. The van der Waals surface area contributed by atoms with Gasteiger partial charge in [-0.3, -0.25) is 4.79 Å². The van der Waals surface area contributed by atoms with E-state index in [1.807, 2.05) is 0 Å². The number of hydrogen-bond donors (Lipinski definition) is 1. The number of nitrogens with two attached hydrogens (primary N) is 1. The van der Waals surface area contributed by atoms with Gasteiger partial charge in [-0.05, 0) is 18.3 Å². The van der Waals surface area contributed by atoms with Gasteiger partial charge in [0.05, 0.1) is 6.61 Å². The van der Waals surface area contributed by atoms with Crippen molar-refractivity contribution in [2.24, 2.45) is 17.6 Å². The summed E-state index contributed by atoms with van der Waals surface area (Å²) in [4.78, 5) is 11.5. The summed E-state index contributed by atoms with van der Waals surface area (Å²) >= 11 is 0. The molecule has 3 heteroatoms. The Hall–Kier alpha value is -0.570. The van der Waals surface area contributed by atoms with Gasteiger partial charge in [-0.2, -0.15) is 0 Å². The monoisotopic (exact) mass is 213 g/mol. The maximum Gasteiger partial charge on any atom is 0.322 e. The van der Waals surface area contributed by atoms with Crippen LogP contribution in [0.5, 0.6) is 0 Å². The number of hydrogen-bond acceptors (Lipinski definition) is 3. The van der Waals surface area contributed by atoms with Gasteiger partial charge in [0.2, 0.25) is 0 Å². The van der Waals surface area contributed by atoms with Gasteiger partial charge in [-0.15, -0.1) is 0 Å². The number of rotatable bonds is 7. The molecule has 0 saturated heterocycles. The number of ether oxygens (including phenoxy) is 1. The highest BCUT2D eigenvalue weighted by Crippen LogP contribution is 2.33. The molecule has 0 aliphatic heterocycles. The van der Waals surface area contributed by atoms with Crippen molar-refractivity contribution in [2.45, 2.75) is 52.0 Å². The zero-order valence-electron chi connectivity index (χ0n) is 9.87. The molecule has 0 aromatic carbocycles. The second-order valence-corrected chi connectivity index (χ2v) is 4.60. The minimum absolute atomic E-state index is 0.214. The predicted octanol–water partition coefficient (Wildman–Crippen LogP) is 2.09. The van der Waals surface area contributed by atoms with Gasteiger partial charge in [0.1, 0.15) is 6.04 Å². The minimum Gasteiger partial charge on any atom is -0.464 e. The van der Waals surface area contributed by atoms with E-state index >= 15 is 0 Å². The Morgan fingerprint density at radius 1 is 1.40 bits per heavy atom. The average molecular weight is 213 g/mol. The third kappa shape index (κ3) is 4.65. The van der Waals surface area contributed by atoms with Gasteiger partial charge in [-0.25, -0.2) is 0 Å². The minimum atomic E-state index is -0.396. The fraction of sp³-hybridized carbons (Fsp3) is 0.917. The molecule has 1 atom stereocenters. The van der Waals surface area contributed by atoms with Crippen LogP contribution in [0.1, 0.15) is 46.0 Å². The Kier molecular flexibility index (Phi) is 5.09. The third-order valence-corrected chi connectivity index (χ3v) is 3.20. The molecule has 1 rings (SSSR count). The largest absolute Gasteiger partial charge is 0.464 e. The lowest BCUT2D eigenvalue weighted by Crippen LogP contribution is -2.33. The van der Waals surface area contributed by atoms with Gasteiger partial charge >= 0.3 is 5.97 Å². The van der Waals surface area contributed by atoms with E-state index in [0.717, 1.165) is 19.3 Å². The second-order valence-electron chi connectivity index (χ2n) is 4.60. The summed E-state index contributed by atoms with van der Waals surface area (Å²) in [6.45, 7) is 4.77. The maximum absolute atomic E-state index is 11.5. The Bertz CT molecular complexity index is 198. The molecule has 0 heterocycles. The molecule has 15 heavy (non-hydrogen) atoms. The van der Waals surface area contributed by atoms with E-state index in [1.54, 1.807) is 0 Å². The molecule has 0 spiro atoms. The molecule has 3 nitrogen and oxygen atoms in total. The summed E-state index contributed by atoms with van der Waals surface area (Å²) in [7, 11) is 0. The highest BCUT2D eigenvalue weighted by atomic mass is 16.5. The zero-order valence-corrected chi connectivity index (χ0v) is 9.87. The molecule has 1 aliphatic carbocycles. The first-order valence-corrected chi connectivity index (χ1v) is 6.09. The third-order valence-electron chi connectivity index (χ3n) is 3.20. The van der Waals surface area contributed by atoms with Crippen LogP contribution in [-0.2, 0) is 9.53 Å². The van der Waals surface area contributed by atoms with Crippen LogP contribution in [-0.4, -0.2) is 18.6 Å². The van der Waals surface area contributed by atoms with Crippen molar-refractivity contribution >= 4 is 5.97 Å². The first kappa shape index (κ1) is 12.5. The molecule has 0 aromatic rings. The lowest BCUT2D eigenvalue weighted by atomic mass is 10.1. The smallest absolute Gasteiger partial charge is 0.322 e. The summed E-state index contributed by atoms with van der Waals surface area (Å²) in [5, 5.41) is 0. The first-order valence-electron chi connectivity index (χ1n) is 6.09. The number of esters is 1. The fourth-order valence-corrected chi connectivity index (χ4v) is 1.64. The summed E-state index contributed by atoms with van der Waals surface area (Å²) in [5.74, 6) is 0.955. The van der Waals surface area contributed by atoms with Crippen molar-refractivity contribution in [2.75, 3.05) is 6.61 Å². The lowest BCUT2D eigenvalue weighted by Gasteiger charge is -2.15. The standard InChI is InChI=1S/C12H23NO2/c1-3-9(4-2)8-15-12(14)11(13)7-10-5-6-10/h9-11H,3-8,13H2,1-2H3. The van der Waals surface area contributed by atoms with E-state index in [0.29, 0.717) is 18.4 Å². The van der Waals surface area contributed by atoms with E-state index in [2.05, 4.69) is 13.8 Å². The van der Waals surface area contributed by atoms with E-state index in [1.165, 1.54) is 12.8 Å². The van der Waals surface area contributed by atoms with Crippen molar-refractivity contribution < 1.29 is 9.53 Å². The fourth-order valence-electron chi connectivity index (χ4n) is 1.64. The van der Waals surface area contributed by atoms with Crippen LogP contribution in [0.15, 0.2) is 0 Å². The van der Waals surface area contributed by atoms with E-state index in [-0.39, 0.29) is 5.97 Å². The molecular formula is C12H23NO2. The summed E-state index contributed by atoms with van der Waals surface area (Å²) in [5.41, 5.74) is 5.75. The van der Waals surface area contributed by atoms with Crippen molar-refractivity contribution in [1.82, 2.24) is 0 Å². The first-order chi connectivity index (χ1) is 7.17. The zero-order chi connectivity index (χ0) is 11.3. The molecule has 1 aliphatic rings. The Morgan fingerprint density at radius 3 is 2.47 bits per heavy atom. The van der Waals surface area contributed by atoms with Gasteiger partial charge in [0.25, 0.3) is 0 Å². The van der Waals surface area contributed by atoms with Crippen molar-refractivity contribution in [3.05, 3.63) is 0 Å². The van der Waals surface area contributed by atoms with Crippen LogP contribution in [0.25, 0.3) is 0 Å². The van der Waals surface area contributed by atoms with Crippen LogP contribution in [0.3, 0.4) is 0 Å². The molecule has 1 saturated carbocycles. The van der Waals surface area contributed by atoms with Gasteiger partial charge in [0.15, 0.2) is 0 Å². The van der Waals surface area contributed by atoms with Gasteiger partial charge in [-0.1, -0.05) is 39.5 Å². The van der Waals surface area contributed by atoms with Crippen molar-refractivity contribution in [1.29, 1.82) is 0 Å². The van der Waals surface area contributed by atoms with Crippen LogP contribution >= 0.6 is 0 Å². The maximum atomic E-state index is 11.5. The molecule has 0 amide bonds. The van der Waals surface area contributed by atoms with Crippen molar-refractivity contribution in [3.63, 3.8) is 0 Å². The lowest BCUT2D eigenvalue weighted by molar-refractivity contribution is -0.146. The van der Waals surface area contributed by atoms with Crippen LogP contribution in [0.4, 0.5) is 0 Å². The molecule has 0 bridgehead atoms. The normalized spacial score (nSPS) is 17.9. The second kappa shape index (κ2) is 6.11. The Balaban J connectivity index is 2.15. The topological polar surface area (TPSA) is 52.3 Å². The van der Waals surface area contributed by atoms with Gasteiger partial charge in [0, 0.05) is 0 Å². The van der Waals surface area contributed by atoms with Crippen LogP contribution in [0.2, 0.25) is 0 Å². The summed E-state index contributed by atoms with van der Waals surface area (Å²) in [6, 6.07) is -0.396. The predicted molar refractivity (Wildman–Crippen MR) is 60.3 cm³/mol. The highest BCUT2D eigenvalue weighted by molar-refractivity contribution is 5.75. The van der Waals surface area contributed by atoms with E-state index < -0.39 is 6.04 Å². The SMILES string of the molecule is CCC(CC)COC(=O)C(N)CC1CC1. The number of carbonyl (C=O) groups excluding carboxylic acids is 1. The Labute approximate surface area is 92.4 Å². The average Bonchev–Trinajstić information content (AvgIpc) is 3.02. The highest BCUT2D eigenvalue weighted by Gasteiger charge is 2.27. The van der Waals surface area contributed by atoms with E-state index in [9.17, 15) is 4.79 Å². The van der Waals surface area contributed by atoms with E-state index in [4.69, 9.17) is 10.5 Å². The molecule has 2 N–H and O–H groups in total.